The van der Waals surface area contributed by atoms with Gasteiger partial charge in [-0.15, -0.1) is 11.8 Å². The molecule has 0 radical (unpaired) electrons. The van der Waals surface area contributed by atoms with Gasteiger partial charge in [0.05, 0.1) is 5.75 Å². The number of amides is 3. The molecule has 0 spiro atoms. The number of hydrogen-bond acceptors (Lipinski definition) is 4. The average Bonchev–Trinajstić information content (AvgIpc) is 2.13. The van der Waals surface area contributed by atoms with E-state index >= 15 is 0 Å². The summed E-state index contributed by atoms with van der Waals surface area (Å²) in [4.78, 5) is 21.7. The lowest BCUT2D eigenvalue weighted by molar-refractivity contribution is -0.117. The molecule has 0 rings (SSSR count). The number of urea groups is 1. The predicted octanol–water partition coefficient (Wildman–Crippen LogP) is -0.478. The molecule has 0 heterocycles. The highest BCUT2D eigenvalue weighted by molar-refractivity contribution is 8.00. The van der Waals surface area contributed by atoms with Gasteiger partial charge in [-0.25, -0.2) is 4.79 Å². The van der Waals surface area contributed by atoms with Gasteiger partial charge in [-0.05, 0) is 0 Å². The fourth-order valence-corrected chi connectivity index (χ4v) is 1.16. The van der Waals surface area contributed by atoms with Crippen LogP contribution in [0.1, 0.15) is 6.92 Å². The molecule has 0 aliphatic carbocycles. The summed E-state index contributed by atoms with van der Waals surface area (Å²) in [5, 5.41) is 4.68. The highest BCUT2D eigenvalue weighted by atomic mass is 32.2. The van der Waals surface area contributed by atoms with E-state index < -0.39 is 6.03 Å². The monoisotopic (exact) mass is 205 g/mol. The Bertz CT molecular complexity index is 187. The van der Waals surface area contributed by atoms with Crippen molar-refractivity contribution in [2.75, 3.05) is 19.3 Å². The van der Waals surface area contributed by atoms with Crippen LogP contribution in [0.4, 0.5) is 4.79 Å². The summed E-state index contributed by atoms with van der Waals surface area (Å²) in [5.41, 5.74) is 5.35. The van der Waals surface area contributed by atoms with Crippen molar-refractivity contribution < 1.29 is 9.59 Å². The second-order valence-electron chi connectivity index (χ2n) is 2.48. The maximum absolute atomic E-state index is 11.0. The minimum Gasteiger partial charge on any atom is -0.341 e. The van der Waals surface area contributed by atoms with Crippen LogP contribution in [0.3, 0.4) is 0 Å². The molecule has 76 valence electrons. The van der Waals surface area contributed by atoms with Crippen LogP contribution in [-0.4, -0.2) is 36.5 Å². The van der Waals surface area contributed by atoms with Gasteiger partial charge in [0.2, 0.25) is 5.91 Å². The Kier molecular flexibility index (Phi) is 6.34. The fourth-order valence-electron chi connectivity index (χ4n) is 0.511. The Balaban J connectivity index is 3.57. The molecule has 6 heteroatoms. The van der Waals surface area contributed by atoms with E-state index in [1.54, 1.807) is 0 Å². The topological polar surface area (TPSA) is 84.2 Å². The van der Waals surface area contributed by atoms with E-state index in [4.69, 9.17) is 5.73 Å². The largest absolute Gasteiger partial charge is 0.341 e. The lowest BCUT2D eigenvalue weighted by Crippen LogP contribution is -2.38. The van der Waals surface area contributed by atoms with Crippen LogP contribution in [0, 0.1) is 0 Å². The molecule has 0 bridgehead atoms. The van der Waals surface area contributed by atoms with Gasteiger partial charge in [-0.1, -0.05) is 6.92 Å². The Morgan fingerprint density at radius 2 is 2.15 bits per heavy atom. The first-order chi connectivity index (χ1) is 6.10. The molecule has 0 aliphatic heterocycles. The lowest BCUT2D eigenvalue weighted by atomic mass is 10.5. The molecule has 1 atom stereocenters. The Hall–Kier alpha value is -0.750. The maximum Gasteiger partial charge on any atom is 0.321 e. The van der Waals surface area contributed by atoms with E-state index in [-0.39, 0.29) is 16.9 Å². The first kappa shape index (κ1) is 12.2. The number of thioether (sulfide) groups is 1. The Morgan fingerprint density at radius 1 is 1.54 bits per heavy atom. The lowest BCUT2D eigenvalue weighted by Gasteiger charge is -2.07. The normalized spacial score (nSPS) is 11.9. The zero-order chi connectivity index (χ0) is 10.3. The summed E-state index contributed by atoms with van der Waals surface area (Å²) in [7, 11) is 1.46. The second-order valence-corrected chi connectivity index (χ2v) is 3.91. The van der Waals surface area contributed by atoms with Crippen LogP contribution in [0.2, 0.25) is 0 Å². The molecule has 4 N–H and O–H groups in total. The molecule has 0 aromatic rings. The van der Waals surface area contributed by atoms with E-state index in [9.17, 15) is 9.59 Å². The van der Waals surface area contributed by atoms with Gasteiger partial charge in [0, 0.05) is 18.8 Å². The first-order valence-electron chi connectivity index (χ1n) is 3.93. The number of rotatable bonds is 4. The van der Waals surface area contributed by atoms with Crippen molar-refractivity contribution in [3.05, 3.63) is 0 Å². The van der Waals surface area contributed by atoms with Crippen LogP contribution in [0.5, 0.6) is 0 Å². The van der Waals surface area contributed by atoms with E-state index in [2.05, 4.69) is 10.6 Å². The molecular formula is C7H15N3O2S. The van der Waals surface area contributed by atoms with Gasteiger partial charge in [-0.2, -0.15) is 0 Å². The van der Waals surface area contributed by atoms with Crippen LogP contribution in [0.15, 0.2) is 0 Å². The van der Waals surface area contributed by atoms with Crippen LogP contribution in [0.25, 0.3) is 0 Å². The third-order valence-electron chi connectivity index (χ3n) is 1.31. The standard InChI is InChI=1S/C7H15N3O2S/c1-5(3-8)13-4-6(11)10-7(12)9-2/h5H,3-4,8H2,1-2H3,(H2,9,10,11,12). The van der Waals surface area contributed by atoms with Crippen molar-refractivity contribution in [1.29, 1.82) is 0 Å². The number of hydrogen-bond donors (Lipinski definition) is 3. The molecule has 0 saturated carbocycles. The van der Waals surface area contributed by atoms with Crippen LogP contribution < -0.4 is 16.4 Å². The fraction of sp³-hybridized carbons (Fsp3) is 0.714. The van der Waals surface area contributed by atoms with Gasteiger partial charge >= 0.3 is 6.03 Å². The zero-order valence-electron chi connectivity index (χ0n) is 7.79. The van der Waals surface area contributed by atoms with Gasteiger partial charge in [0.1, 0.15) is 0 Å². The number of nitrogens with two attached hydrogens (primary N) is 1. The summed E-state index contributed by atoms with van der Waals surface area (Å²) in [6.07, 6.45) is 0. The zero-order valence-corrected chi connectivity index (χ0v) is 8.61. The van der Waals surface area contributed by atoms with E-state index in [1.807, 2.05) is 6.92 Å². The minimum atomic E-state index is -0.481. The third-order valence-corrected chi connectivity index (χ3v) is 2.50. The molecule has 0 aromatic heterocycles. The summed E-state index contributed by atoms with van der Waals surface area (Å²) in [6, 6.07) is -0.481. The molecule has 5 nitrogen and oxygen atoms in total. The minimum absolute atomic E-state index is 0.232. The Labute approximate surface area is 81.8 Å². The number of carbonyl (C=O) groups excluding carboxylic acids is 2. The highest BCUT2D eigenvalue weighted by Gasteiger charge is 2.07. The average molecular weight is 205 g/mol. The number of carbonyl (C=O) groups is 2. The van der Waals surface area contributed by atoms with E-state index in [1.165, 1.54) is 18.8 Å². The summed E-state index contributed by atoms with van der Waals surface area (Å²) in [6.45, 7) is 2.45. The van der Waals surface area contributed by atoms with Gasteiger partial charge < -0.3 is 11.1 Å². The quantitative estimate of drug-likeness (QED) is 0.579. The van der Waals surface area contributed by atoms with Gasteiger partial charge in [0.15, 0.2) is 0 Å². The van der Waals surface area contributed by atoms with Crippen LogP contribution in [-0.2, 0) is 4.79 Å². The van der Waals surface area contributed by atoms with Gasteiger partial charge in [-0.3, -0.25) is 10.1 Å². The van der Waals surface area contributed by atoms with Crippen molar-refractivity contribution >= 4 is 23.7 Å². The Morgan fingerprint density at radius 3 is 2.62 bits per heavy atom. The molecule has 0 fully saturated rings. The smallest absolute Gasteiger partial charge is 0.321 e. The molecule has 0 aromatic carbocycles. The van der Waals surface area contributed by atoms with Gasteiger partial charge in [0.25, 0.3) is 0 Å². The van der Waals surface area contributed by atoms with E-state index in [0.29, 0.717) is 6.54 Å². The second kappa shape index (κ2) is 6.73. The van der Waals surface area contributed by atoms with E-state index in [0.717, 1.165) is 0 Å². The summed E-state index contributed by atoms with van der Waals surface area (Å²) >= 11 is 1.42. The third kappa shape index (κ3) is 6.41. The summed E-state index contributed by atoms with van der Waals surface area (Å²) in [5.74, 6) is -0.0455. The number of nitrogens with one attached hydrogen (secondary N) is 2. The highest BCUT2D eigenvalue weighted by Crippen LogP contribution is 2.07. The van der Waals surface area contributed by atoms with Crippen molar-refractivity contribution in [2.24, 2.45) is 5.73 Å². The van der Waals surface area contributed by atoms with Crippen molar-refractivity contribution in [1.82, 2.24) is 10.6 Å². The number of imide groups is 1. The molecule has 3 amide bonds. The molecule has 0 saturated heterocycles. The van der Waals surface area contributed by atoms with Crippen molar-refractivity contribution in [2.45, 2.75) is 12.2 Å². The van der Waals surface area contributed by atoms with Crippen LogP contribution >= 0.6 is 11.8 Å². The van der Waals surface area contributed by atoms with Crippen molar-refractivity contribution in [3.8, 4) is 0 Å². The molecule has 13 heavy (non-hydrogen) atoms. The van der Waals surface area contributed by atoms with Crippen molar-refractivity contribution in [3.63, 3.8) is 0 Å². The SMILES string of the molecule is CNC(=O)NC(=O)CSC(C)CN. The molecular weight excluding hydrogens is 190 g/mol. The molecule has 1 unspecified atom stereocenters. The summed E-state index contributed by atoms with van der Waals surface area (Å²) < 4.78 is 0. The first-order valence-corrected chi connectivity index (χ1v) is 4.98. The predicted molar refractivity (Wildman–Crippen MR) is 53.6 cm³/mol. The molecule has 0 aliphatic rings. The maximum atomic E-state index is 11.0.